The Morgan fingerprint density at radius 2 is 1.81 bits per heavy atom. The molecule has 0 saturated carbocycles. The fraction of sp³-hybridized carbons (Fsp3) is 0.0435. The molecule has 8 heteroatoms. The van der Waals surface area contributed by atoms with E-state index in [1.807, 2.05) is 6.07 Å². The lowest BCUT2D eigenvalue weighted by Gasteiger charge is -2.09. The number of aromatic nitrogens is 4. The Balaban J connectivity index is 1.71. The zero-order chi connectivity index (χ0) is 21.8. The maximum absolute atomic E-state index is 13.3. The Morgan fingerprint density at radius 1 is 1.06 bits per heavy atom. The lowest BCUT2D eigenvalue weighted by Crippen LogP contribution is -2.10. The van der Waals surface area contributed by atoms with E-state index >= 15 is 0 Å². The fourth-order valence-electron chi connectivity index (χ4n) is 3.10. The van der Waals surface area contributed by atoms with Gasteiger partial charge < -0.3 is 9.67 Å². The van der Waals surface area contributed by atoms with Gasteiger partial charge in [0.05, 0.1) is 5.69 Å². The SMILES string of the molecule is O=C(C=C(O)c1cc(C(=O)c2ccccc2)n(Cc2ccc(F)cc2)c1)c1ncn[nH]1. The number of rotatable bonds is 7. The molecule has 0 aliphatic heterocycles. The number of carbonyl (C=O) groups is 2. The first kappa shape index (κ1) is 20.0. The highest BCUT2D eigenvalue weighted by molar-refractivity contribution is 6.09. The van der Waals surface area contributed by atoms with E-state index in [9.17, 15) is 19.1 Å². The van der Waals surface area contributed by atoms with Gasteiger partial charge in [0.25, 0.3) is 0 Å². The van der Waals surface area contributed by atoms with Gasteiger partial charge in [-0.15, -0.1) is 0 Å². The second kappa shape index (κ2) is 8.58. The number of halogens is 1. The number of aliphatic hydroxyl groups excluding tert-OH is 1. The minimum atomic E-state index is -0.558. The first-order valence-corrected chi connectivity index (χ1v) is 9.36. The molecule has 2 aromatic heterocycles. The molecule has 0 bridgehead atoms. The lowest BCUT2D eigenvalue weighted by atomic mass is 10.1. The molecule has 0 amide bonds. The molecular weight excluding hydrogens is 399 g/mol. The molecule has 7 nitrogen and oxygen atoms in total. The molecule has 31 heavy (non-hydrogen) atoms. The van der Waals surface area contributed by atoms with Crippen molar-refractivity contribution in [3.05, 3.63) is 113 Å². The van der Waals surface area contributed by atoms with E-state index in [0.717, 1.165) is 11.6 Å². The Hall–Kier alpha value is -4.33. The second-order valence-electron chi connectivity index (χ2n) is 6.79. The van der Waals surface area contributed by atoms with Crippen LogP contribution >= 0.6 is 0 Å². The number of hydrogen-bond donors (Lipinski definition) is 2. The predicted octanol–water partition coefficient (Wildman–Crippen LogP) is 3.81. The van der Waals surface area contributed by atoms with Crippen molar-refractivity contribution in [1.29, 1.82) is 0 Å². The van der Waals surface area contributed by atoms with Crippen molar-refractivity contribution in [1.82, 2.24) is 19.7 Å². The summed E-state index contributed by atoms with van der Waals surface area (Å²) in [6.07, 6.45) is 3.77. The largest absolute Gasteiger partial charge is 0.507 e. The van der Waals surface area contributed by atoms with E-state index in [-0.39, 0.29) is 35.3 Å². The van der Waals surface area contributed by atoms with Crippen LogP contribution in [0.3, 0.4) is 0 Å². The molecule has 0 aliphatic rings. The Morgan fingerprint density at radius 3 is 2.48 bits per heavy atom. The Labute approximate surface area is 176 Å². The van der Waals surface area contributed by atoms with E-state index in [1.165, 1.54) is 24.5 Å². The number of aliphatic hydroxyl groups is 1. The van der Waals surface area contributed by atoms with Crippen molar-refractivity contribution in [3.8, 4) is 0 Å². The predicted molar refractivity (Wildman–Crippen MR) is 111 cm³/mol. The van der Waals surface area contributed by atoms with E-state index < -0.39 is 5.78 Å². The summed E-state index contributed by atoms with van der Waals surface area (Å²) in [7, 11) is 0. The summed E-state index contributed by atoms with van der Waals surface area (Å²) in [4.78, 5) is 29.0. The second-order valence-corrected chi connectivity index (χ2v) is 6.79. The summed E-state index contributed by atoms with van der Waals surface area (Å²) < 4.78 is 14.9. The molecule has 4 rings (SSSR count). The van der Waals surface area contributed by atoms with Crippen LogP contribution in [-0.2, 0) is 6.54 Å². The maximum atomic E-state index is 13.3. The van der Waals surface area contributed by atoms with Gasteiger partial charge in [-0.3, -0.25) is 14.7 Å². The van der Waals surface area contributed by atoms with Gasteiger partial charge in [-0.1, -0.05) is 42.5 Å². The zero-order valence-corrected chi connectivity index (χ0v) is 16.2. The molecule has 0 aliphatic carbocycles. The van der Waals surface area contributed by atoms with Gasteiger partial charge in [-0.05, 0) is 23.8 Å². The molecular formula is C23H17FN4O3. The smallest absolute Gasteiger partial charge is 0.226 e. The number of hydrogen-bond acceptors (Lipinski definition) is 5. The molecule has 0 saturated heterocycles. The number of nitrogens with zero attached hydrogens (tertiary/aromatic N) is 3. The summed E-state index contributed by atoms with van der Waals surface area (Å²) >= 11 is 0. The monoisotopic (exact) mass is 416 g/mol. The first-order valence-electron chi connectivity index (χ1n) is 9.36. The van der Waals surface area contributed by atoms with Crippen molar-refractivity contribution in [2.45, 2.75) is 6.54 Å². The van der Waals surface area contributed by atoms with E-state index in [4.69, 9.17) is 0 Å². The molecule has 0 atom stereocenters. The third-order valence-corrected chi connectivity index (χ3v) is 4.64. The normalized spacial score (nSPS) is 11.5. The number of nitrogens with one attached hydrogen (secondary N) is 1. The topological polar surface area (TPSA) is 101 Å². The molecule has 154 valence electrons. The molecule has 4 aromatic rings. The van der Waals surface area contributed by atoms with Crippen LogP contribution in [0.2, 0.25) is 0 Å². The number of H-pyrrole nitrogens is 1. The number of benzene rings is 2. The van der Waals surface area contributed by atoms with Gasteiger partial charge in [0.15, 0.2) is 5.82 Å². The first-order chi connectivity index (χ1) is 15.0. The van der Waals surface area contributed by atoms with Crippen LogP contribution in [0.4, 0.5) is 4.39 Å². The average Bonchev–Trinajstić information content (AvgIpc) is 3.46. The van der Waals surface area contributed by atoms with Crippen LogP contribution in [0.1, 0.15) is 37.8 Å². The molecule has 0 radical (unpaired) electrons. The van der Waals surface area contributed by atoms with Gasteiger partial charge in [0, 0.05) is 29.9 Å². The van der Waals surface area contributed by atoms with Crippen molar-refractivity contribution in [2.75, 3.05) is 0 Å². The fourth-order valence-corrected chi connectivity index (χ4v) is 3.10. The summed E-state index contributed by atoms with van der Waals surface area (Å²) in [5, 5.41) is 16.5. The van der Waals surface area contributed by atoms with E-state index in [1.54, 1.807) is 47.2 Å². The van der Waals surface area contributed by atoms with E-state index in [0.29, 0.717) is 11.3 Å². The lowest BCUT2D eigenvalue weighted by molar-refractivity contribution is 0.102. The molecule has 2 heterocycles. The van der Waals surface area contributed by atoms with Gasteiger partial charge in [0.1, 0.15) is 17.9 Å². The van der Waals surface area contributed by atoms with Crippen molar-refractivity contribution in [3.63, 3.8) is 0 Å². The van der Waals surface area contributed by atoms with Crippen LogP contribution in [-0.4, -0.2) is 36.4 Å². The Kier molecular flexibility index (Phi) is 5.53. The van der Waals surface area contributed by atoms with Gasteiger partial charge >= 0.3 is 0 Å². The zero-order valence-electron chi connectivity index (χ0n) is 16.2. The van der Waals surface area contributed by atoms with E-state index in [2.05, 4.69) is 15.2 Å². The quantitative estimate of drug-likeness (QED) is 0.271. The van der Waals surface area contributed by atoms with Crippen molar-refractivity contribution < 1.29 is 19.1 Å². The molecule has 0 unspecified atom stereocenters. The minimum Gasteiger partial charge on any atom is -0.507 e. The highest BCUT2D eigenvalue weighted by atomic mass is 19.1. The third-order valence-electron chi connectivity index (χ3n) is 4.64. The molecule has 2 N–H and O–H groups in total. The average molecular weight is 416 g/mol. The number of ketones is 2. The molecule has 2 aromatic carbocycles. The number of carbonyl (C=O) groups excluding carboxylic acids is 2. The van der Waals surface area contributed by atoms with Gasteiger partial charge in [-0.2, -0.15) is 5.10 Å². The molecule has 0 spiro atoms. The van der Waals surface area contributed by atoms with Crippen molar-refractivity contribution >= 4 is 17.3 Å². The summed E-state index contributed by atoms with van der Waals surface area (Å²) in [6, 6.07) is 16.1. The number of aromatic amines is 1. The van der Waals surface area contributed by atoms with Crippen LogP contribution in [0.15, 0.2) is 79.3 Å². The highest BCUT2D eigenvalue weighted by Crippen LogP contribution is 2.21. The standard InChI is InChI=1S/C23H17FN4O3/c24-18-8-6-15(7-9-18)12-28-13-17(20(29)11-21(30)23-25-14-26-27-23)10-19(28)22(31)16-4-2-1-3-5-16/h1-11,13-14,29H,12H2,(H,25,26,27). The summed E-state index contributed by atoms with van der Waals surface area (Å²) in [6.45, 7) is 0.275. The van der Waals surface area contributed by atoms with Gasteiger partial charge in [0.2, 0.25) is 11.6 Å². The van der Waals surface area contributed by atoms with Crippen molar-refractivity contribution in [2.24, 2.45) is 0 Å². The highest BCUT2D eigenvalue weighted by Gasteiger charge is 2.18. The van der Waals surface area contributed by atoms with Crippen LogP contribution in [0.5, 0.6) is 0 Å². The maximum Gasteiger partial charge on any atom is 0.226 e. The van der Waals surface area contributed by atoms with Crippen LogP contribution in [0.25, 0.3) is 5.76 Å². The number of allylic oxidation sites excluding steroid dienone is 1. The summed E-state index contributed by atoms with van der Waals surface area (Å²) in [5.41, 5.74) is 1.85. The Bertz CT molecular complexity index is 1240. The van der Waals surface area contributed by atoms with Crippen LogP contribution < -0.4 is 0 Å². The minimum absolute atomic E-state index is 0.0159. The molecule has 0 fully saturated rings. The third kappa shape index (κ3) is 4.48. The summed E-state index contributed by atoms with van der Waals surface area (Å²) in [5.74, 6) is -1.50. The van der Waals surface area contributed by atoms with Gasteiger partial charge in [-0.25, -0.2) is 9.37 Å². The van der Waals surface area contributed by atoms with Crippen LogP contribution in [0, 0.1) is 5.82 Å².